The Bertz CT molecular complexity index is 462. The number of halogens is 1. The number of aryl methyl sites for hydroxylation is 1. The summed E-state index contributed by atoms with van der Waals surface area (Å²) in [7, 11) is 0. The van der Waals surface area contributed by atoms with Crippen molar-refractivity contribution in [3.63, 3.8) is 0 Å². The van der Waals surface area contributed by atoms with Crippen LogP contribution in [0.15, 0.2) is 10.7 Å². The van der Waals surface area contributed by atoms with Gasteiger partial charge in [-0.05, 0) is 57.5 Å². The smallest absolute Gasteiger partial charge is 0.270 e. The molecule has 1 atom stereocenters. The van der Waals surface area contributed by atoms with Crippen LogP contribution in [0.25, 0.3) is 0 Å². The van der Waals surface area contributed by atoms with Crippen molar-refractivity contribution in [3.05, 3.63) is 16.4 Å². The molecule has 1 amide bonds. The van der Waals surface area contributed by atoms with Crippen molar-refractivity contribution in [1.29, 1.82) is 0 Å². The maximum atomic E-state index is 12.4. The fourth-order valence-corrected chi connectivity index (χ4v) is 2.98. The number of nitrogens with one attached hydrogen (secondary N) is 1. The fourth-order valence-electron chi connectivity index (χ4n) is 2.50. The van der Waals surface area contributed by atoms with Crippen molar-refractivity contribution in [2.24, 2.45) is 0 Å². The monoisotopic (exact) mass is 358 g/mol. The third-order valence-corrected chi connectivity index (χ3v) is 4.08. The topological polar surface area (TPSA) is 50.2 Å². The van der Waals surface area contributed by atoms with Crippen LogP contribution in [0.2, 0.25) is 0 Å². The summed E-state index contributed by atoms with van der Waals surface area (Å²) < 4.78 is 2.44. The van der Waals surface area contributed by atoms with E-state index >= 15 is 0 Å². The fraction of sp³-hybridized carbons (Fsp3) is 0.733. The van der Waals surface area contributed by atoms with Crippen LogP contribution < -0.4 is 5.32 Å². The number of nitrogens with zero attached hydrogens (tertiary/aromatic N) is 3. The van der Waals surface area contributed by atoms with Crippen molar-refractivity contribution >= 4 is 21.8 Å². The molecule has 0 aliphatic carbocycles. The summed E-state index contributed by atoms with van der Waals surface area (Å²) in [5, 5.41) is 7.25. The van der Waals surface area contributed by atoms with E-state index in [1.807, 2.05) is 13.8 Å². The molecule has 1 aromatic rings. The van der Waals surface area contributed by atoms with Crippen LogP contribution in [0.4, 0.5) is 0 Å². The molecule has 120 valence electrons. The van der Waals surface area contributed by atoms with Crippen LogP contribution in [0.1, 0.15) is 52.0 Å². The average molecular weight is 359 g/mol. The zero-order valence-corrected chi connectivity index (χ0v) is 15.4. The van der Waals surface area contributed by atoms with Gasteiger partial charge in [0, 0.05) is 31.2 Å². The molecule has 5 nitrogen and oxygen atoms in total. The molecule has 1 heterocycles. The first-order valence-electron chi connectivity index (χ1n) is 7.55. The normalized spacial score (nSPS) is 13.2. The van der Waals surface area contributed by atoms with Gasteiger partial charge in [0.25, 0.3) is 5.91 Å². The molecule has 0 unspecified atom stereocenters. The third-order valence-electron chi connectivity index (χ3n) is 3.50. The predicted molar refractivity (Wildman–Crippen MR) is 89.5 cm³/mol. The summed E-state index contributed by atoms with van der Waals surface area (Å²) in [6, 6.07) is 0.990. The number of carbonyl (C=O) groups is 1. The van der Waals surface area contributed by atoms with Gasteiger partial charge < -0.3 is 5.32 Å². The molecule has 1 N–H and O–H groups in total. The summed E-state index contributed by atoms with van der Waals surface area (Å²) >= 11 is 3.39. The lowest BCUT2D eigenvalue weighted by Gasteiger charge is -2.33. The van der Waals surface area contributed by atoms with E-state index in [9.17, 15) is 4.79 Å². The maximum Gasteiger partial charge on any atom is 0.270 e. The van der Waals surface area contributed by atoms with Crippen LogP contribution in [-0.2, 0) is 6.54 Å². The Kier molecular flexibility index (Phi) is 6.87. The summed E-state index contributed by atoms with van der Waals surface area (Å²) in [5.41, 5.74) is 0.588. The highest BCUT2D eigenvalue weighted by atomic mass is 79.9. The molecule has 0 aliphatic rings. The van der Waals surface area contributed by atoms with E-state index in [1.54, 1.807) is 10.9 Å². The molecule has 0 bridgehead atoms. The van der Waals surface area contributed by atoms with Gasteiger partial charge in [-0.3, -0.25) is 14.4 Å². The second-order valence-corrected chi connectivity index (χ2v) is 6.77. The van der Waals surface area contributed by atoms with Gasteiger partial charge in [0.05, 0.1) is 10.7 Å². The minimum Gasteiger partial charge on any atom is -0.347 e. The second-order valence-electron chi connectivity index (χ2n) is 5.92. The lowest BCUT2D eigenvalue weighted by molar-refractivity contribution is 0.0900. The Hall–Kier alpha value is -0.880. The van der Waals surface area contributed by atoms with Gasteiger partial charge in [-0.25, -0.2) is 0 Å². The van der Waals surface area contributed by atoms with Gasteiger partial charge >= 0.3 is 0 Å². The Balaban J connectivity index is 2.72. The highest BCUT2D eigenvalue weighted by molar-refractivity contribution is 9.10. The lowest BCUT2D eigenvalue weighted by atomic mass is 10.2. The Labute approximate surface area is 136 Å². The van der Waals surface area contributed by atoms with Crippen LogP contribution in [-0.4, -0.2) is 45.3 Å². The van der Waals surface area contributed by atoms with Gasteiger partial charge in [-0.2, -0.15) is 5.10 Å². The summed E-state index contributed by atoms with van der Waals surface area (Å²) in [6.07, 6.45) is 1.66. The van der Waals surface area contributed by atoms with E-state index < -0.39 is 0 Å². The first kappa shape index (κ1) is 18.2. The molecule has 6 heteroatoms. The first-order chi connectivity index (χ1) is 9.77. The van der Waals surface area contributed by atoms with Crippen molar-refractivity contribution < 1.29 is 4.79 Å². The van der Waals surface area contributed by atoms with Gasteiger partial charge in [-0.15, -0.1) is 0 Å². The Morgan fingerprint density at radius 2 is 1.90 bits per heavy atom. The quantitative estimate of drug-likeness (QED) is 0.815. The summed E-state index contributed by atoms with van der Waals surface area (Å²) in [4.78, 5) is 14.8. The Morgan fingerprint density at radius 3 is 2.38 bits per heavy atom. The Morgan fingerprint density at radius 1 is 1.33 bits per heavy atom. The summed E-state index contributed by atoms with van der Waals surface area (Å²) in [5.74, 6) is -0.0822. The molecule has 1 rings (SSSR count). The van der Waals surface area contributed by atoms with Gasteiger partial charge in [0.15, 0.2) is 0 Å². The van der Waals surface area contributed by atoms with Crippen LogP contribution in [0.5, 0.6) is 0 Å². The van der Waals surface area contributed by atoms with Gasteiger partial charge in [0.2, 0.25) is 0 Å². The van der Waals surface area contributed by atoms with E-state index in [2.05, 4.69) is 58.9 Å². The number of rotatable bonds is 7. The standard InChI is InChI=1S/C15H27BrN4O/c1-7-20-14(13(16)8-17-20)15(21)18-12(6)9-19(10(2)3)11(4)5/h8,10-12H,7,9H2,1-6H3,(H,18,21)/t12-/m1/s1. The minimum absolute atomic E-state index is 0.0782. The molecule has 21 heavy (non-hydrogen) atoms. The van der Waals surface area contributed by atoms with Crippen molar-refractivity contribution in [3.8, 4) is 0 Å². The van der Waals surface area contributed by atoms with Crippen molar-refractivity contribution in [2.45, 2.75) is 66.2 Å². The SMILES string of the molecule is CCn1ncc(Br)c1C(=O)N[C@H](C)CN(C(C)C)C(C)C. The summed E-state index contributed by atoms with van der Waals surface area (Å²) in [6.45, 7) is 14.2. The van der Waals surface area contributed by atoms with E-state index in [-0.39, 0.29) is 11.9 Å². The van der Waals surface area contributed by atoms with E-state index in [0.717, 1.165) is 11.0 Å². The molecular formula is C15H27BrN4O. The van der Waals surface area contributed by atoms with Crippen molar-refractivity contribution in [2.75, 3.05) is 6.54 Å². The van der Waals surface area contributed by atoms with Gasteiger partial charge in [0.1, 0.15) is 5.69 Å². The van der Waals surface area contributed by atoms with E-state index in [4.69, 9.17) is 0 Å². The molecule has 1 aromatic heterocycles. The number of hydrogen-bond acceptors (Lipinski definition) is 3. The molecular weight excluding hydrogens is 332 g/mol. The highest BCUT2D eigenvalue weighted by Crippen LogP contribution is 2.16. The first-order valence-corrected chi connectivity index (χ1v) is 8.35. The average Bonchev–Trinajstić information content (AvgIpc) is 2.76. The molecule has 0 aromatic carbocycles. The molecule has 0 saturated heterocycles. The largest absolute Gasteiger partial charge is 0.347 e. The minimum atomic E-state index is -0.0822. The molecule has 0 aliphatic heterocycles. The third kappa shape index (κ3) is 4.81. The van der Waals surface area contributed by atoms with Crippen LogP contribution in [0.3, 0.4) is 0 Å². The molecule has 0 fully saturated rings. The molecule has 0 saturated carbocycles. The highest BCUT2D eigenvalue weighted by Gasteiger charge is 2.21. The van der Waals surface area contributed by atoms with E-state index in [1.165, 1.54) is 0 Å². The van der Waals surface area contributed by atoms with Gasteiger partial charge in [-0.1, -0.05) is 0 Å². The lowest BCUT2D eigenvalue weighted by Crippen LogP contribution is -2.47. The van der Waals surface area contributed by atoms with Crippen LogP contribution >= 0.6 is 15.9 Å². The maximum absolute atomic E-state index is 12.4. The number of carbonyl (C=O) groups excluding carboxylic acids is 1. The number of aromatic nitrogens is 2. The predicted octanol–water partition coefficient (Wildman–Crippen LogP) is 2.90. The zero-order valence-electron chi connectivity index (χ0n) is 13.9. The molecule has 0 spiro atoms. The van der Waals surface area contributed by atoms with Crippen LogP contribution in [0, 0.1) is 0 Å². The van der Waals surface area contributed by atoms with E-state index in [0.29, 0.717) is 24.3 Å². The molecule has 0 radical (unpaired) electrons. The zero-order chi connectivity index (χ0) is 16.2. The number of hydrogen-bond donors (Lipinski definition) is 1. The van der Waals surface area contributed by atoms with Crippen molar-refractivity contribution in [1.82, 2.24) is 20.0 Å². The second kappa shape index (κ2) is 7.94. The number of amides is 1.